The monoisotopic (exact) mass is 429 g/mol. The van der Waals surface area contributed by atoms with Crippen LogP contribution >= 0.6 is 0 Å². The minimum atomic E-state index is -0.238. The number of fused-ring (bicyclic) bond motifs is 3. The molecule has 0 saturated heterocycles. The van der Waals surface area contributed by atoms with Gasteiger partial charge in [0, 0.05) is 28.9 Å². The molecule has 0 aliphatic rings. The Hall–Kier alpha value is -3.74. The first-order valence-corrected chi connectivity index (χ1v) is 10.9. The van der Waals surface area contributed by atoms with Crippen molar-refractivity contribution in [2.24, 2.45) is 0 Å². The van der Waals surface area contributed by atoms with Crippen molar-refractivity contribution >= 4 is 34.1 Å². The number of rotatable bonds is 7. The summed E-state index contributed by atoms with van der Waals surface area (Å²) in [7, 11) is 0. The van der Waals surface area contributed by atoms with Crippen LogP contribution < -0.4 is 10.6 Å². The molecule has 164 valence electrons. The fourth-order valence-electron chi connectivity index (χ4n) is 3.99. The molecule has 0 aliphatic heterocycles. The van der Waals surface area contributed by atoms with Crippen molar-refractivity contribution in [3.63, 3.8) is 0 Å². The Bertz CT molecular complexity index is 1310. The number of para-hydroxylation sites is 1. The molecule has 2 aromatic heterocycles. The lowest BCUT2D eigenvalue weighted by Crippen LogP contribution is -2.33. The van der Waals surface area contributed by atoms with Crippen molar-refractivity contribution in [2.45, 2.75) is 40.0 Å². The molecule has 4 aromatic rings. The molecule has 2 amide bonds. The lowest BCUT2D eigenvalue weighted by atomic mass is 10.1. The molecule has 0 radical (unpaired) electrons. The van der Waals surface area contributed by atoms with Gasteiger partial charge in [-0.15, -0.1) is 0 Å². The molecule has 7 nitrogen and oxygen atoms in total. The number of anilines is 1. The van der Waals surface area contributed by atoms with Crippen LogP contribution in [-0.2, 0) is 22.4 Å². The second-order valence-corrected chi connectivity index (χ2v) is 7.85. The molecule has 2 aromatic carbocycles. The maximum atomic E-state index is 12.4. The van der Waals surface area contributed by atoms with E-state index in [2.05, 4.69) is 15.7 Å². The van der Waals surface area contributed by atoms with Gasteiger partial charge in [-0.1, -0.05) is 37.3 Å². The van der Waals surface area contributed by atoms with Gasteiger partial charge in [0.15, 0.2) is 5.65 Å². The molecule has 2 heterocycles. The summed E-state index contributed by atoms with van der Waals surface area (Å²) >= 11 is 0. The normalized spacial score (nSPS) is 11.1. The minimum absolute atomic E-state index is 0.0589. The molecule has 0 aliphatic carbocycles. The van der Waals surface area contributed by atoms with Crippen LogP contribution in [0.3, 0.4) is 0 Å². The van der Waals surface area contributed by atoms with Gasteiger partial charge in [-0.05, 0) is 56.0 Å². The molecule has 2 N–H and O–H groups in total. The summed E-state index contributed by atoms with van der Waals surface area (Å²) < 4.78 is 1.85. The number of carbonyl (C=O) groups is 2. The first kappa shape index (κ1) is 21.5. The van der Waals surface area contributed by atoms with Gasteiger partial charge < -0.3 is 10.6 Å². The van der Waals surface area contributed by atoms with E-state index >= 15 is 0 Å². The average Bonchev–Trinajstić information content (AvgIpc) is 3.17. The number of aromatic nitrogens is 3. The number of amides is 2. The highest BCUT2D eigenvalue weighted by Crippen LogP contribution is 2.23. The zero-order valence-electron chi connectivity index (χ0n) is 18.6. The van der Waals surface area contributed by atoms with Gasteiger partial charge in [0.05, 0.1) is 12.1 Å². The van der Waals surface area contributed by atoms with Crippen LogP contribution in [-0.4, -0.2) is 33.0 Å². The molecule has 0 spiro atoms. The zero-order valence-corrected chi connectivity index (χ0v) is 18.6. The first-order chi connectivity index (χ1) is 15.5. The van der Waals surface area contributed by atoms with Crippen LogP contribution in [0.15, 0.2) is 48.5 Å². The molecular formula is C25H27N5O2. The van der Waals surface area contributed by atoms with E-state index < -0.39 is 0 Å². The Morgan fingerprint density at radius 1 is 1.00 bits per heavy atom. The lowest BCUT2D eigenvalue weighted by Gasteiger charge is -2.12. The van der Waals surface area contributed by atoms with Crippen LogP contribution in [0.4, 0.5) is 5.69 Å². The fraction of sp³-hybridized carbons (Fsp3) is 0.280. The topological polar surface area (TPSA) is 88.4 Å². The van der Waals surface area contributed by atoms with Crippen LogP contribution in [0.2, 0.25) is 0 Å². The maximum absolute atomic E-state index is 12.4. The number of aryl methyl sites for hydroxylation is 3. The third-order valence-electron chi connectivity index (χ3n) is 5.74. The van der Waals surface area contributed by atoms with E-state index in [1.165, 1.54) is 0 Å². The van der Waals surface area contributed by atoms with Crippen molar-refractivity contribution in [3.8, 4) is 0 Å². The van der Waals surface area contributed by atoms with Crippen LogP contribution in [0.25, 0.3) is 16.6 Å². The number of hydrogen-bond acceptors (Lipinski definition) is 4. The van der Waals surface area contributed by atoms with E-state index in [0.717, 1.165) is 51.2 Å². The van der Waals surface area contributed by atoms with Crippen LogP contribution in [0.1, 0.15) is 35.9 Å². The van der Waals surface area contributed by atoms with Gasteiger partial charge in [0.25, 0.3) is 0 Å². The van der Waals surface area contributed by atoms with E-state index in [-0.39, 0.29) is 24.8 Å². The number of benzene rings is 2. The van der Waals surface area contributed by atoms with E-state index in [1.807, 2.05) is 73.8 Å². The molecule has 7 heteroatoms. The third-order valence-corrected chi connectivity index (χ3v) is 5.74. The second kappa shape index (κ2) is 9.18. The number of nitrogens with zero attached hydrogens (tertiary/aromatic N) is 3. The van der Waals surface area contributed by atoms with Crippen molar-refractivity contribution in [2.75, 3.05) is 11.9 Å². The average molecular weight is 430 g/mol. The standard InChI is InChI=1S/C25H27N5O2/c1-4-18-9-5-7-11-21(18)28-24(32)15-26-23(31)14-13-19-16(2)27-25-20-10-6-8-12-22(20)29-30(25)17(19)3/h5-12H,4,13-15H2,1-3H3,(H,26,31)(H,28,32). The van der Waals surface area contributed by atoms with Gasteiger partial charge in [0.1, 0.15) is 0 Å². The Kier molecular flexibility index (Phi) is 6.16. The van der Waals surface area contributed by atoms with E-state index in [0.29, 0.717) is 6.42 Å². The molecule has 0 fully saturated rings. The summed E-state index contributed by atoms with van der Waals surface area (Å²) in [5, 5.41) is 11.3. The fourth-order valence-corrected chi connectivity index (χ4v) is 3.99. The lowest BCUT2D eigenvalue weighted by molar-refractivity contribution is -0.124. The Labute approximate surface area is 186 Å². The summed E-state index contributed by atoms with van der Waals surface area (Å²) in [6, 6.07) is 15.6. The number of carbonyl (C=O) groups excluding carboxylic acids is 2. The van der Waals surface area contributed by atoms with E-state index in [1.54, 1.807) is 0 Å². The smallest absolute Gasteiger partial charge is 0.243 e. The summed E-state index contributed by atoms with van der Waals surface area (Å²) in [5.41, 5.74) is 6.44. The van der Waals surface area contributed by atoms with Crippen LogP contribution in [0.5, 0.6) is 0 Å². The SMILES string of the molecule is CCc1ccccc1NC(=O)CNC(=O)CCc1c(C)nc2c3ccccc3nn2c1C. The van der Waals surface area contributed by atoms with Gasteiger partial charge in [-0.2, -0.15) is 5.10 Å². The summed E-state index contributed by atoms with van der Waals surface area (Å²) in [4.78, 5) is 29.4. The second-order valence-electron chi connectivity index (χ2n) is 7.85. The molecule has 0 bridgehead atoms. The molecule has 0 unspecified atom stereocenters. The molecular weight excluding hydrogens is 402 g/mol. The van der Waals surface area contributed by atoms with Crippen molar-refractivity contribution in [1.29, 1.82) is 0 Å². The Morgan fingerprint density at radius 3 is 2.56 bits per heavy atom. The van der Waals surface area contributed by atoms with Gasteiger partial charge in [0.2, 0.25) is 11.8 Å². The Balaban J connectivity index is 1.38. The third kappa shape index (κ3) is 4.32. The largest absolute Gasteiger partial charge is 0.347 e. The number of nitrogens with one attached hydrogen (secondary N) is 2. The Morgan fingerprint density at radius 2 is 1.75 bits per heavy atom. The summed E-state index contributed by atoms with van der Waals surface area (Å²) in [6.07, 6.45) is 1.63. The summed E-state index contributed by atoms with van der Waals surface area (Å²) in [6.45, 7) is 5.94. The first-order valence-electron chi connectivity index (χ1n) is 10.9. The quantitative estimate of drug-likeness (QED) is 0.468. The molecule has 4 rings (SSSR count). The highest BCUT2D eigenvalue weighted by molar-refractivity contribution is 5.95. The predicted octanol–water partition coefficient (Wildman–Crippen LogP) is 3.75. The molecule has 32 heavy (non-hydrogen) atoms. The zero-order chi connectivity index (χ0) is 22.7. The van der Waals surface area contributed by atoms with Crippen molar-refractivity contribution in [1.82, 2.24) is 19.9 Å². The summed E-state index contributed by atoms with van der Waals surface area (Å²) in [5.74, 6) is -0.411. The molecule has 0 saturated carbocycles. The van der Waals surface area contributed by atoms with Gasteiger partial charge >= 0.3 is 0 Å². The van der Waals surface area contributed by atoms with Crippen molar-refractivity contribution in [3.05, 3.63) is 71.0 Å². The molecule has 0 atom stereocenters. The highest BCUT2D eigenvalue weighted by Gasteiger charge is 2.15. The van der Waals surface area contributed by atoms with Gasteiger partial charge in [-0.25, -0.2) is 9.50 Å². The van der Waals surface area contributed by atoms with E-state index in [9.17, 15) is 9.59 Å². The van der Waals surface area contributed by atoms with Crippen LogP contribution in [0, 0.1) is 13.8 Å². The van der Waals surface area contributed by atoms with Crippen molar-refractivity contribution < 1.29 is 9.59 Å². The number of hydrogen-bond donors (Lipinski definition) is 2. The minimum Gasteiger partial charge on any atom is -0.347 e. The maximum Gasteiger partial charge on any atom is 0.243 e. The highest BCUT2D eigenvalue weighted by atomic mass is 16.2. The van der Waals surface area contributed by atoms with E-state index in [4.69, 9.17) is 4.98 Å². The predicted molar refractivity (Wildman–Crippen MR) is 126 cm³/mol. The van der Waals surface area contributed by atoms with Gasteiger partial charge in [-0.3, -0.25) is 9.59 Å².